The number of likely N-dealkylation sites (tertiary alicyclic amines) is 1. The summed E-state index contributed by atoms with van der Waals surface area (Å²) in [4.78, 5) is 14.8. The summed E-state index contributed by atoms with van der Waals surface area (Å²) in [5.74, 6) is 0.360. The smallest absolute Gasteiger partial charge is 0.223 e. The van der Waals surface area contributed by atoms with Crippen LogP contribution in [0, 0.1) is 5.41 Å². The first kappa shape index (κ1) is 15.1. The van der Waals surface area contributed by atoms with Gasteiger partial charge in [-0.25, -0.2) is 0 Å². The zero-order chi connectivity index (χ0) is 14.9. The second-order valence-corrected chi connectivity index (χ2v) is 7.72. The molecule has 1 unspecified atom stereocenters. The van der Waals surface area contributed by atoms with Crippen LogP contribution in [-0.2, 0) is 4.79 Å². The molecule has 1 aliphatic heterocycles. The Morgan fingerprint density at radius 1 is 1.10 bits per heavy atom. The van der Waals surface area contributed by atoms with E-state index in [9.17, 15) is 4.79 Å². The zero-order valence-electron chi connectivity index (χ0n) is 12.8. The van der Waals surface area contributed by atoms with Crippen LogP contribution in [0.15, 0.2) is 28.7 Å². The molecule has 0 aromatic heterocycles. The van der Waals surface area contributed by atoms with Crippen LogP contribution in [0.4, 0.5) is 0 Å². The van der Waals surface area contributed by atoms with Gasteiger partial charge in [-0.2, -0.15) is 0 Å². The van der Waals surface area contributed by atoms with Gasteiger partial charge in [-0.15, -0.1) is 0 Å². The molecule has 1 spiro atoms. The van der Waals surface area contributed by atoms with E-state index in [0.29, 0.717) is 11.3 Å². The van der Waals surface area contributed by atoms with Gasteiger partial charge in [0.25, 0.3) is 0 Å². The number of nitrogens with zero attached hydrogens (tertiary/aromatic N) is 1. The van der Waals surface area contributed by atoms with Gasteiger partial charge in [0.15, 0.2) is 0 Å². The van der Waals surface area contributed by atoms with E-state index in [1.807, 2.05) is 0 Å². The minimum atomic E-state index is 0.187. The van der Waals surface area contributed by atoms with Crippen molar-refractivity contribution in [1.29, 1.82) is 0 Å². The summed E-state index contributed by atoms with van der Waals surface area (Å²) in [5, 5.41) is 0. The van der Waals surface area contributed by atoms with Crippen molar-refractivity contribution in [1.82, 2.24) is 4.90 Å². The quantitative estimate of drug-likeness (QED) is 0.728. The maximum absolute atomic E-state index is 12.7. The Labute approximate surface area is 136 Å². The highest BCUT2D eigenvalue weighted by Crippen LogP contribution is 2.46. The Kier molecular flexibility index (Phi) is 4.39. The molecule has 2 nitrogen and oxygen atoms in total. The van der Waals surface area contributed by atoms with E-state index < -0.39 is 0 Å². The molecule has 21 heavy (non-hydrogen) atoms. The van der Waals surface area contributed by atoms with Gasteiger partial charge in [0.05, 0.1) is 6.04 Å². The maximum Gasteiger partial charge on any atom is 0.223 e. The first-order valence-electron chi connectivity index (χ1n) is 8.15. The number of hydrogen-bond donors (Lipinski definition) is 0. The molecule has 1 aromatic carbocycles. The summed E-state index contributed by atoms with van der Waals surface area (Å²) in [7, 11) is 0. The summed E-state index contributed by atoms with van der Waals surface area (Å²) in [5.41, 5.74) is 1.57. The zero-order valence-corrected chi connectivity index (χ0v) is 14.4. The second-order valence-electron chi connectivity index (χ2n) is 6.80. The molecule has 3 rings (SSSR count). The van der Waals surface area contributed by atoms with Crippen molar-refractivity contribution in [2.24, 2.45) is 5.41 Å². The van der Waals surface area contributed by atoms with Gasteiger partial charge in [-0.1, -0.05) is 47.3 Å². The highest BCUT2D eigenvalue weighted by atomic mass is 79.9. The SMILES string of the molecule is CC(c1ccc(Br)cc1)N1CCC2(CCCCC2)CC1=O. The molecule has 1 atom stereocenters. The summed E-state index contributed by atoms with van der Waals surface area (Å²) < 4.78 is 1.09. The number of halogens is 1. The number of carbonyl (C=O) groups excluding carboxylic acids is 1. The number of amides is 1. The molecule has 1 amide bonds. The molecule has 1 saturated carbocycles. The van der Waals surface area contributed by atoms with Gasteiger partial charge in [0, 0.05) is 17.4 Å². The molecule has 1 aliphatic carbocycles. The highest BCUT2D eigenvalue weighted by molar-refractivity contribution is 9.10. The van der Waals surface area contributed by atoms with Crippen molar-refractivity contribution in [2.75, 3.05) is 6.54 Å². The molecule has 1 aromatic rings. The van der Waals surface area contributed by atoms with E-state index in [4.69, 9.17) is 0 Å². The fourth-order valence-corrected chi connectivity index (χ4v) is 4.32. The van der Waals surface area contributed by atoms with Crippen LogP contribution in [0.25, 0.3) is 0 Å². The first-order valence-corrected chi connectivity index (χ1v) is 8.94. The van der Waals surface area contributed by atoms with Crippen molar-refractivity contribution in [3.05, 3.63) is 34.3 Å². The van der Waals surface area contributed by atoms with E-state index in [0.717, 1.165) is 17.4 Å². The van der Waals surface area contributed by atoms with Crippen LogP contribution >= 0.6 is 15.9 Å². The van der Waals surface area contributed by atoms with E-state index in [1.165, 1.54) is 44.1 Å². The Balaban J connectivity index is 1.70. The van der Waals surface area contributed by atoms with Gasteiger partial charge in [0.2, 0.25) is 5.91 Å². The van der Waals surface area contributed by atoms with Crippen LogP contribution in [0.2, 0.25) is 0 Å². The van der Waals surface area contributed by atoms with E-state index in [2.05, 4.69) is 52.0 Å². The molecule has 2 fully saturated rings. The number of carbonyl (C=O) groups is 1. The fourth-order valence-electron chi connectivity index (χ4n) is 4.05. The maximum atomic E-state index is 12.7. The topological polar surface area (TPSA) is 20.3 Å². The molecule has 2 aliphatic rings. The Bertz CT molecular complexity index is 504. The minimum absolute atomic E-state index is 0.187. The normalized spacial score (nSPS) is 23.3. The van der Waals surface area contributed by atoms with Crippen LogP contribution in [0.3, 0.4) is 0 Å². The summed E-state index contributed by atoms with van der Waals surface area (Å²) >= 11 is 3.47. The van der Waals surface area contributed by atoms with Crippen LogP contribution in [0.1, 0.15) is 63.5 Å². The summed E-state index contributed by atoms with van der Waals surface area (Å²) in [6, 6.07) is 8.54. The Morgan fingerprint density at radius 3 is 2.38 bits per heavy atom. The van der Waals surface area contributed by atoms with E-state index >= 15 is 0 Å². The number of rotatable bonds is 2. The first-order chi connectivity index (χ1) is 10.1. The predicted molar refractivity (Wildman–Crippen MR) is 89.0 cm³/mol. The molecule has 1 saturated heterocycles. The van der Waals surface area contributed by atoms with Gasteiger partial charge in [0.1, 0.15) is 0 Å². The minimum Gasteiger partial charge on any atom is -0.336 e. The molecular formula is C18H24BrNO. The van der Waals surface area contributed by atoms with Gasteiger partial charge in [-0.3, -0.25) is 4.79 Å². The highest BCUT2D eigenvalue weighted by Gasteiger charge is 2.40. The third kappa shape index (κ3) is 3.18. The molecule has 1 heterocycles. The van der Waals surface area contributed by atoms with Crippen molar-refractivity contribution in [3.63, 3.8) is 0 Å². The standard InChI is InChI=1S/C18H24BrNO/c1-14(15-5-7-16(19)8-6-15)20-12-11-18(13-17(20)21)9-3-2-4-10-18/h5-8,14H,2-4,9-13H2,1H3. The lowest BCUT2D eigenvalue weighted by Crippen LogP contribution is -2.45. The third-order valence-electron chi connectivity index (χ3n) is 5.46. The van der Waals surface area contributed by atoms with Crippen molar-refractivity contribution >= 4 is 21.8 Å². The molecule has 0 N–H and O–H groups in total. The number of piperidine rings is 1. The lowest BCUT2D eigenvalue weighted by molar-refractivity contribution is -0.141. The van der Waals surface area contributed by atoms with Crippen molar-refractivity contribution in [3.8, 4) is 0 Å². The van der Waals surface area contributed by atoms with Crippen LogP contribution in [-0.4, -0.2) is 17.4 Å². The molecule has 0 radical (unpaired) electrons. The summed E-state index contributed by atoms with van der Waals surface area (Å²) in [6.07, 6.45) is 8.48. The number of benzene rings is 1. The average Bonchev–Trinajstić information content (AvgIpc) is 2.48. The Hall–Kier alpha value is -0.830. The van der Waals surface area contributed by atoms with Gasteiger partial charge >= 0.3 is 0 Å². The fraction of sp³-hybridized carbons (Fsp3) is 0.611. The van der Waals surface area contributed by atoms with E-state index in [1.54, 1.807) is 0 Å². The molecular weight excluding hydrogens is 326 g/mol. The predicted octanol–water partition coefficient (Wildman–Crippen LogP) is 5.08. The monoisotopic (exact) mass is 349 g/mol. The largest absolute Gasteiger partial charge is 0.336 e. The van der Waals surface area contributed by atoms with Crippen molar-refractivity contribution in [2.45, 2.75) is 57.9 Å². The summed E-state index contributed by atoms with van der Waals surface area (Å²) in [6.45, 7) is 3.08. The molecule has 3 heteroatoms. The van der Waals surface area contributed by atoms with Crippen LogP contribution in [0.5, 0.6) is 0 Å². The Morgan fingerprint density at radius 2 is 1.76 bits per heavy atom. The van der Waals surface area contributed by atoms with E-state index in [-0.39, 0.29) is 6.04 Å². The average molecular weight is 350 g/mol. The number of hydrogen-bond acceptors (Lipinski definition) is 1. The molecule has 114 valence electrons. The second kappa shape index (κ2) is 6.12. The van der Waals surface area contributed by atoms with Gasteiger partial charge in [-0.05, 0) is 49.3 Å². The third-order valence-corrected chi connectivity index (χ3v) is 5.99. The lowest BCUT2D eigenvalue weighted by atomic mass is 9.67. The van der Waals surface area contributed by atoms with Crippen molar-refractivity contribution < 1.29 is 4.79 Å². The lowest BCUT2D eigenvalue weighted by Gasteiger charge is -2.45. The molecule has 0 bridgehead atoms. The van der Waals surface area contributed by atoms with Gasteiger partial charge < -0.3 is 4.90 Å². The van der Waals surface area contributed by atoms with Crippen LogP contribution < -0.4 is 0 Å².